The van der Waals surface area contributed by atoms with E-state index in [0.29, 0.717) is 38.0 Å². The van der Waals surface area contributed by atoms with E-state index in [9.17, 15) is 14.4 Å². The highest BCUT2D eigenvalue weighted by Gasteiger charge is 2.16. The van der Waals surface area contributed by atoms with Crippen LogP contribution in [0.2, 0.25) is 0 Å². The van der Waals surface area contributed by atoms with Crippen LogP contribution in [0.15, 0.2) is 18.2 Å². The molecule has 0 heterocycles. The zero-order chi connectivity index (χ0) is 18.5. The molecule has 0 aliphatic rings. The molecule has 1 unspecified atom stereocenters. The minimum atomic E-state index is -0.368. The number of methoxy groups -OCH3 is 1. The number of unbranched alkanes of at least 4 members (excludes halogenated alkanes) is 1. The predicted octanol–water partition coefficient (Wildman–Crippen LogP) is 2.26. The molecule has 0 N–H and O–H groups in total. The highest BCUT2D eigenvalue weighted by molar-refractivity contribution is 5.78. The van der Waals surface area contributed by atoms with E-state index in [1.165, 1.54) is 0 Å². The minimum absolute atomic E-state index is 0.329. The molecular weight excluding hydrogens is 318 g/mol. The van der Waals surface area contributed by atoms with Gasteiger partial charge in [0.15, 0.2) is 0 Å². The smallest absolute Gasteiger partial charge is 0.150 e. The van der Waals surface area contributed by atoms with Crippen molar-refractivity contribution < 1.29 is 19.1 Å². The van der Waals surface area contributed by atoms with Gasteiger partial charge in [-0.15, -0.1) is 0 Å². The van der Waals surface area contributed by atoms with E-state index in [0.717, 1.165) is 36.4 Å². The second-order valence-electron chi connectivity index (χ2n) is 5.75. The highest BCUT2D eigenvalue weighted by atomic mass is 16.5. The van der Waals surface area contributed by atoms with Crippen LogP contribution in [-0.2, 0) is 20.9 Å². The summed E-state index contributed by atoms with van der Waals surface area (Å²) >= 11 is 0. The maximum absolute atomic E-state index is 11.4. The van der Waals surface area contributed by atoms with Crippen molar-refractivity contribution in [3.8, 4) is 11.8 Å². The van der Waals surface area contributed by atoms with Crippen LogP contribution < -0.4 is 0 Å². The number of benzene rings is 1. The molecular formula is C20H25NO4. The van der Waals surface area contributed by atoms with Gasteiger partial charge >= 0.3 is 0 Å². The average molecular weight is 343 g/mol. The van der Waals surface area contributed by atoms with Crippen LogP contribution in [0.5, 0.6) is 0 Å². The van der Waals surface area contributed by atoms with E-state index in [-0.39, 0.29) is 6.04 Å². The van der Waals surface area contributed by atoms with Gasteiger partial charge in [-0.1, -0.05) is 24.0 Å². The van der Waals surface area contributed by atoms with Gasteiger partial charge in [-0.05, 0) is 31.5 Å². The number of aldehydes is 3. The van der Waals surface area contributed by atoms with Gasteiger partial charge in [0.25, 0.3) is 0 Å². The van der Waals surface area contributed by atoms with E-state index < -0.39 is 0 Å². The molecule has 5 nitrogen and oxygen atoms in total. The molecule has 5 heteroatoms. The normalized spacial score (nSPS) is 11.5. The molecule has 1 atom stereocenters. The van der Waals surface area contributed by atoms with Crippen LogP contribution in [0.3, 0.4) is 0 Å². The van der Waals surface area contributed by atoms with Crippen LogP contribution in [0.25, 0.3) is 0 Å². The fourth-order valence-corrected chi connectivity index (χ4v) is 2.47. The lowest BCUT2D eigenvalue weighted by molar-refractivity contribution is -0.113. The van der Waals surface area contributed by atoms with Gasteiger partial charge in [0.2, 0.25) is 0 Å². The van der Waals surface area contributed by atoms with E-state index in [4.69, 9.17) is 4.74 Å². The van der Waals surface area contributed by atoms with Gasteiger partial charge in [0, 0.05) is 44.2 Å². The molecule has 134 valence electrons. The van der Waals surface area contributed by atoms with Gasteiger partial charge in [0.05, 0.1) is 6.04 Å². The molecule has 0 bridgehead atoms. The van der Waals surface area contributed by atoms with Crippen molar-refractivity contribution >= 4 is 18.9 Å². The summed E-state index contributed by atoms with van der Waals surface area (Å²) in [5.74, 6) is 6.22. The van der Waals surface area contributed by atoms with E-state index in [2.05, 4.69) is 11.8 Å². The summed E-state index contributed by atoms with van der Waals surface area (Å²) in [5, 5.41) is 0. The molecule has 0 aliphatic carbocycles. The number of nitrogens with zero attached hydrogens (tertiary/aromatic N) is 1. The first-order chi connectivity index (χ1) is 12.2. The summed E-state index contributed by atoms with van der Waals surface area (Å²) < 4.78 is 5.00. The van der Waals surface area contributed by atoms with Gasteiger partial charge < -0.3 is 14.3 Å². The van der Waals surface area contributed by atoms with Crippen LogP contribution in [-0.4, -0.2) is 50.6 Å². The van der Waals surface area contributed by atoms with Gasteiger partial charge in [-0.25, -0.2) is 0 Å². The third-order valence-corrected chi connectivity index (χ3v) is 3.92. The lowest BCUT2D eigenvalue weighted by Gasteiger charge is -2.24. The number of hydrogen-bond donors (Lipinski definition) is 0. The molecule has 0 fully saturated rings. The summed E-state index contributed by atoms with van der Waals surface area (Å²) in [4.78, 5) is 35.1. The second kappa shape index (κ2) is 12.1. The van der Waals surface area contributed by atoms with Crippen LogP contribution in [0.1, 0.15) is 47.2 Å². The van der Waals surface area contributed by atoms with Crippen molar-refractivity contribution in [1.29, 1.82) is 0 Å². The molecule has 1 aromatic rings. The Kier molecular flexibility index (Phi) is 10.1. The van der Waals surface area contributed by atoms with Crippen molar-refractivity contribution in [3.05, 3.63) is 34.9 Å². The average Bonchev–Trinajstić information content (AvgIpc) is 2.63. The predicted molar refractivity (Wildman–Crippen MR) is 96.4 cm³/mol. The molecule has 0 aromatic heterocycles. The first-order valence-corrected chi connectivity index (χ1v) is 8.32. The number of likely N-dealkylation sites (N-methyl/N-ethyl adjacent to an activating group) is 1. The monoisotopic (exact) mass is 343 g/mol. The summed E-state index contributed by atoms with van der Waals surface area (Å²) in [6.45, 7) is 1.08. The Balaban J connectivity index is 2.96. The Morgan fingerprint density at radius 3 is 2.72 bits per heavy atom. The van der Waals surface area contributed by atoms with Gasteiger partial charge in [-0.3, -0.25) is 9.69 Å². The van der Waals surface area contributed by atoms with Crippen molar-refractivity contribution in [2.75, 3.05) is 20.8 Å². The first-order valence-electron chi connectivity index (χ1n) is 8.32. The fraction of sp³-hybridized carbons (Fsp3) is 0.450. The zero-order valence-electron chi connectivity index (χ0n) is 14.9. The molecule has 0 saturated heterocycles. The van der Waals surface area contributed by atoms with Crippen molar-refractivity contribution in [3.63, 3.8) is 0 Å². The number of carbonyl (C=O) groups excluding carboxylic acids is 3. The summed E-state index contributed by atoms with van der Waals surface area (Å²) in [6, 6.07) is 5.05. The highest BCUT2D eigenvalue weighted by Crippen LogP contribution is 2.17. The molecule has 1 aromatic carbocycles. The molecule has 1 rings (SSSR count). The summed E-state index contributed by atoms with van der Waals surface area (Å²) in [7, 11) is 3.46. The van der Waals surface area contributed by atoms with Gasteiger partial charge in [-0.2, -0.15) is 0 Å². The maximum Gasteiger partial charge on any atom is 0.150 e. The Morgan fingerprint density at radius 2 is 2.08 bits per heavy atom. The minimum Gasteiger partial charge on any atom is -0.385 e. The summed E-state index contributed by atoms with van der Waals surface area (Å²) in [6.07, 6.45) is 4.81. The Labute approximate surface area is 149 Å². The molecule has 25 heavy (non-hydrogen) atoms. The number of carbonyl (C=O) groups is 3. The van der Waals surface area contributed by atoms with Gasteiger partial charge in [0.1, 0.15) is 18.9 Å². The first kappa shape index (κ1) is 20.8. The SMILES string of the molecule is COCCCC#Cc1cccc(C=O)c1CN(C)C(C=O)CCC=O. The Morgan fingerprint density at radius 1 is 1.28 bits per heavy atom. The third kappa shape index (κ3) is 7.00. The van der Waals surface area contributed by atoms with Crippen molar-refractivity contribution in [1.82, 2.24) is 4.90 Å². The molecule has 0 saturated carbocycles. The molecule has 0 amide bonds. The number of rotatable bonds is 11. The Bertz CT molecular complexity index is 630. The topological polar surface area (TPSA) is 63.7 Å². The van der Waals surface area contributed by atoms with Crippen molar-refractivity contribution in [2.24, 2.45) is 0 Å². The van der Waals surface area contributed by atoms with Crippen LogP contribution in [0.4, 0.5) is 0 Å². The fourth-order valence-electron chi connectivity index (χ4n) is 2.47. The Hall–Kier alpha value is -2.29. The lowest BCUT2D eigenvalue weighted by Crippen LogP contribution is -2.33. The van der Waals surface area contributed by atoms with Crippen LogP contribution >= 0.6 is 0 Å². The molecule has 0 radical (unpaired) electrons. The van der Waals surface area contributed by atoms with E-state index in [1.54, 1.807) is 26.3 Å². The standard InChI is InChI=1S/C20H25NO4/c1-21(19(16-24)11-7-12-22)14-20-17(8-4-3-5-13-25-2)9-6-10-18(20)15-23/h6,9-10,12,15-16,19H,3,5,7,11,13-14H2,1-2H3. The number of ether oxygens (including phenoxy) is 1. The largest absolute Gasteiger partial charge is 0.385 e. The number of hydrogen-bond acceptors (Lipinski definition) is 5. The second-order valence-corrected chi connectivity index (χ2v) is 5.75. The van der Waals surface area contributed by atoms with Crippen molar-refractivity contribution in [2.45, 2.75) is 38.3 Å². The van der Waals surface area contributed by atoms with Crippen LogP contribution in [0, 0.1) is 11.8 Å². The summed E-state index contributed by atoms with van der Waals surface area (Å²) in [5.41, 5.74) is 2.15. The maximum atomic E-state index is 11.4. The molecule has 0 spiro atoms. The quantitative estimate of drug-likeness (QED) is 0.350. The van der Waals surface area contributed by atoms with E-state index >= 15 is 0 Å². The zero-order valence-corrected chi connectivity index (χ0v) is 14.9. The third-order valence-electron chi connectivity index (χ3n) is 3.92. The lowest BCUT2D eigenvalue weighted by atomic mass is 10.00. The molecule has 0 aliphatic heterocycles. The van der Waals surface area contributed by atoms with E-state index in [1.807, 2.05) is 11.0 Å².